The number of halogens is 2. The minimum Gasteiger partial charge on any atom is -0.435 e. The molecule has 4 heterocycles. The van der Waals surface area contributed by atoms with Crippen LogP contribution in [0.2, 0.25) is 0 Å². The van der Waals surface area contributed by atoms with Crippen molar-refractivity contribution < 1.29 is 31.5 Å². The highest BCUT2D eigenvalue weighted by molar-refractivity contribution is 7.90. The van der Waals surface area contributed by atoms with E-state index < -0.39 is 33.8 Å². The summed E-state index contributed by atoms with van der Waals surface area (Å²) in [5, 5.41) is 0. The van der Waals surface area contributed by atoms with Crippen LogP contribution in [0.15, 0.2) is 42.7 Å². The van der Waals surface area contributed by atoms with Gasteiger partial charge in [-0.25, -0.2) is 28.3 Å². The average Bonchev–Trinajstić information content (AvgIpc) is 2.78. The third kappa shape index (κ3) is 5.12. The fourth-order valence-electron chi connectivity index (χ4n) is 2.82. The first-order chi connectivity index (χ1) is 15.7. The highest BCUT2D eigenvalue weighted by Crippen LogP contribution is 2.31. The fraction of sp³-hybridized carbons (Fsp3) is 0.158. The summed E-state index contributed by atoms with van der Waals surface area (Å²) >= 11 is 0. The first-order valence-corrected chi connectivity index (χ1v) is 10.8. The molecule has 0 unspecified atom stereocenters. The molecule has 0 aromatic carbocycles. The van der Waals surface area contributed by atoms with E-state index in [0.29, 0.717) is 5.69 Å². The normalized spacial score (nSPS) is 13.3. The number of hydrogen-bond donors (Lipinski definition) is 2. The number of ether oxygens (including phenoxy) is 2. The maximum absolute atomic E-state index is 13.9. The minimum absolute atomic E-state index is 0.0308. The number of hydrogen-bond acceptors (Lipinski definition) is 8. The molecule has 14 heteroatoms. The molecule has 0 aliphatic carbocycles. The van der Waals surface area contributed by atoms with Gasteiger partial charge in [0, 0.05) is 19.3 Å². The number of rotatable bonds is 7. The van der Waals surface area contributed by atoms with Crippen molar-refractivity contribution in [3.8, 4) is 17.4 Å². The number of nitrogens with zero attached hydrogens (tertiary/aromatic N) is 4. The third-order valence-corrected chi connectivity index (χ3v) is 5.40. The maximum atomic E-state index is 13.9. The third-order valence-electron chi connectivity index (χ3n) is 4.40. The quantitative estimate of drug-likeness (QED) is 0.528. The van der Waals surface area contributed by atoms with Crippen molar-refractivity contribution in [1.82, 2.24) is 24.6 Å². The van der Waals surface area contributed by atoms with Crippen LogP contribution >= 0.6 is 0 Å². The number of nitrogens with one attached hydrogen (secondary N) is 2. The van der Waals surface area contributed by atoms with E-state index in [1.54, 1.807) is 0 Å². The van der Waals surface area contributed by atoms with Gasteiger partial charge in [0.2, 0.25) is 0 Å². The van der Waals surface area contributed by atoms with Crippen molar-refractivity contribution in [1.29, 1.82) is 0 Å². The Labute approximate surface area is 186 Å². The van der Waals surface area contributed by atoms with Crippen molar-refractivity contribution in [2.24, 2.45) is 0 Å². The van der Waals surface area contributed by atoms with Crippen LogP contribution in [0, 0.1) is 11.6 Å². The predicted molar refractivity (Wildman–Crippen MR) is 110 cm³/mol. The standard InChI is InChI=1S/C19H16F2N6O5S/c1-22-33(29,30)26-17-13(20)5-4-11(25-17)9-27-10-15-16(32-19(27)28)7-12(8-24-15)31-18-14(21)3-2-6-23-18/h2-8,22H,9-10H2,1H3,(H,25,26). The van der Waals surface area contributed by atoms with Crippen LogP contribution in [0.3, 0.4) is 0 Å². The maximum Gasteiger partial charge on any atom is 0.416 e. The van der Waals surface area contributed by atoms with Crippen molar-refractivity contribution in [3.63, 3.8) is 0 Å². The summed E-state index contributed by atoms with van der Waals surface area (Å²) in [7, 11) is -2.83. The van der Waals surface area contributed by atoms with Gasteiger partial charge in [-0.1, -0.05) is 0 Å². The van der Waals surface area contributed by atoms with E-state index in [1.165, 1.54) is 41.6 Å². The van der Waals surface area contributed by atoms with E-state index >= 15 is 0 Å². The molecule has 11 nitrogen and oxygen atoms in total. The Morgan fingerprint density at radius 1 is 1.21 bits per heavy atom. The van der Waals surface area contributed by atoms with Crippen LogP contribution in [0.1, 0.15) is 11.4 Å². The molecule has 0 bridgehead atoms. The molecule has 0 atom stereocenters. The van der Waals surface area contributed by atoms with Crippen molar-refractivity contribution in [2.75, 3.05) is 11.8 Å². The zero-order valence-electron chi connectivity index (χ0n) is 16.9. The van der Waals surface area contributed by atoms with E-state index in [1.807, 2.05) is 9.44 Å². The summed E-state index contributed by atoms with van der Waals surface area (Å²) < 4.78 is 65.5. The zero-order valence-corrected chi connectivity index (χ0v) is 17.8. The van der Waals surface area contributed by atoms with Gasteiger partial charge in [0.1, 0.15) is 5.69 Å². The number of fused-ring (bicyclic) bond motifs is 1. The molecule has 172 valence electrons. The lowest BCUT2D eigenvalue weighted by molar-refractivity contribution is 0.133. The molecule has 0 spiro atoms. The second-order valence-electron chi connectivity index (χ2n) is 6.67. The molecule has 0 fully saturated rings. The first-order valence-electron chi connectivity index (χ1n) is 9.35. The number of carbonyl (C=O) groups is 1. The van der Waals surface area contributed by atoms with Crippen molar-refractivity contribution >= 4 is 22.1 Å². The smallest absolute Gasteiger partial charge is 0.416 e. The van der Waals surface area contributed by atoms with Crippen molar-refractivity contribution in [2.45, 2.75) is 13.1 Å². The van der Waals surface area contributed by atoms with Gasteiger partial charge in [-0.05, 0) is 24.3 Å². The Kier molecular flexibility index (Phi) is 6.02. The van der Waals surface area contributed by atoms with E-state index in [0.717, 1.165) is 13.1 Å². The molecule has 2 N–H and O–H groups in total. The molecule has 1 amide bonds. The molecular formula is C19H16F2N6O5S. The number of carbonyl (C=O) groups excluding carboxylic acids is 1. The Morgan fingerprint density at radius 2 is 2.03 bits per heavy atom. The number of amides is 1. The van der Waals surface area contributed by atoms with Crippen molar-refractivity contribution in [3.05, 3.63) is 65.7 Å². The molecule has 4 rings (SSSR count). The summed E-state index contributed by atoms with van der Waals surface area (Å²) in [6, 6.07) is 6.31. The molecule has 33 heavy (non-hydrogen) atoms. The summed E-state index contributed by atoms with van der Waals surface area (Å²) in [5.74, 6) is -2.08. The SMILES string of the molecule is CNS(=O)(=O)Nc1nc(CN2Cc3ncc(Oc4ncccc4F)cc3OC2=O)ccc1F. The zero-order chi connectivity index (χ0) is 23.6. The van der Waals surface area contributed by atoms with Gasteiger partial charge >= 0.3 is 6.09 Å². The minimum atomic E-state index is -3.98. The number of aromatic nitrogens is 3. The predicted octanol–water partition coefficient (Wildman–Crippen LogP) is 2.33. The number of anilines is 1. The summed E-state index contributed by atoms with van der Waals surface area (Å²) in [6.07, 6.45) is 1.94. The van der Waals surface area contributed by atoms with Gasteiger partial charge in [0.25, 0.3) is 16.1 Å². The summed E-state index contributed by atoms with van der Waals surface area (Å²) in [5.41, 5.74) is 0.595. The van der Waals surface area contributed by atoms with Crippen LogP contribution in [0.25, 0.3) is 0 Å². The Hall–Kier alpha value is -3.91. The molecular weight excluding hydrogens is 462 g/mol. The topological polar surface area (TPSA) is 136 Å². The lowest BCUT2D eigenvalue weighted by Crippen LogP contribution is -2.37. The first kappa shape index (κ1) is 22.3. The monoisotopic (exact) mass is 478 g/mol. The van der Waals surface area contributed by atoms with Crippen LogP contribution in [-0.4, -0.2) is 41.4 Å². The molecule has 0 radical (unpaired) electrons. The van der Waals surface area contributed by atoms with Gasteiger partial charge in [0.05, 0.1) is 25.0 Å². The molecule has 1 aliphatic rings. The van der Waals surface area contributed by atoms with E-state index in [2.05, 4.69) is 15.0 Å². The largest absolute Gasteiger partial charge is 0.435 e. The van der Waals surface area contributed by atoms with E-state index in [4.69, 9.17) is 9.47 Å². The van der Waals surface area contributed by atoms with Gasteiger partial charge in [-0.2, -0.15) is 8.42 Å². The van der Waals surface area contributed by atoms with Crippen LogP contribution in [0.4, 0.5) is 19.4 Å². The Balaban J connectivity index is 1.50. The number of pyridine rings is 3. The molecule has 3 aromatic heterocycles. The highest BCUT2D eigenvalue weighted by Gasteiger charge is 2.27. The van der Waals surface area contributed by atoms with E-state index in [9.17, 15) is 22.0 Å². The van der Waals surface area contributed by atoms with E-state index in [-0.39, 0.29) is 36.2 Å². The second-order valence-corrected chi connectivity index (χ2v) is 8.29. The van der Waals surface area contributed by atoms with Gasteiger partial charge in [-0.15, -0.1) is 0 Å². The molecule has 0 saturated heterocycles. The van der Waals surface area contributed by atoms with Gasteiger partial charge in [-0.3, -0.25) is 14.6 Å². The molecule has 3 aromatic rings. The fourth-order valence-corrected chi connectivity index (χ4v) is 3.32. The Bertz CT molecular complexity index is 1320. The summed E-state index contributed by atoms with van der Waals surface area (Å²) in [4.78, 5) is 25.6. The highest BCUT2D eigenvalue weighted by atomic mass is 32.2. The van der Waals surface area contributed by atoms with Crippen LogP contribution in [-0.2, 0) is 23.3 Å². The lowest BCUT2D eigenvalue weighted by atomic mass is 10.2. The Morgan fingerprint density at radius 3 is 2.79 bits per heavy atom. The average molecular weight is 478 g/mol. The second kappa shape index (κ2) is 8.91. The van der Waals surface area contributed by atoms with Crippen LogP contribution in [0.5, 0.6) is 17.4 Å². The summed E-state index contributed by atoms with van der Waals surface area (Å²) in [6.45, 7) is -0.0745. The molecule has 0 saturated carbocycles. The van der Waals surface area contributed by atoms with Crippen LogP contribution < -0.4 is 18.9 Å². The van der Waals surface area contributed by atoms with Gasteiger partial charge in [0.15, 0.2) is 29.0 Å². The van der Waals surface area contributed by atoms with Gasteiger partial charge < -0.3 is 9.47 Å². The lowest BCUT2D eigenvalue weighted by Gasteiger charge is -2.27. The molecule has 1 aliphatic heterocycles.